The van der Waals surface area contributed by atoms with Gasteiger partial charge in [0.25, 0.3) is 0 Å². The second kappa shape index (κ2) is 6.68. The fourth-order valence-electron chi connectivity index (χ4n) is 3.37. The van der Waals surface area contributed by atoms with Crippen molar-refractivity contribution in [2.24, 2.45) is 0 Å². The molecule has 1 aliphatic heterocycles. The quantitative estimate of drug-likeness (QED) is 0.891. The maximum Gasteiger partial charge on any atom is 0.216 e. The third-order valence-electron chi connectivity index (χ3n) is 4.70. The van der Waals surface area contributed by atoms with Crippen molar-refractivity contribution >= 4 is 26.9 Å². The van der Waals surface area contributed by atoms with Gasteiger partial charge >= 0.3 is 0 Å². The van der Waals surface area contributed by atoms with Gasteiger partial charge in [0, 0.05) is 31.9 Å². The third-order valence-corrected chi connectivity index (χ3v) is 6.94. The summed E-state index contributed by atoms with van der Waals surface area (Å²) >= 11 is 0. The van der Waals surface area contributed by atoms with Crippen LogP contribution in [0.1, 0.15) is 33.6 Å². The van der Waals surface area contributed by atoms with Crippen LogP contribution in [0, 0.1) is 0 Å². The fraction of sp³-hybridized carbons (Fsp3) is 0.625. The molecule has 0 spiro atoms. The summed E-state index contributed by atoms with van der Waals surface area (Å²) in [5.74, 6) is 0.873. The van der Waals surface area contributed by atoms with E-state index in [-0.39, 0.29) is 11.3 Å². The predicted molar refractivity (Wildman–Crippen MR) is 95.6 cm³/mol. The summed E-state index contributed by atoms with van der Waals surface area (Å²) in [5, 5.41) is 0.588. The molecule has 0 aliphatic carbocycles. The zero-order valence-electron chi connectivity index (χ0n) is 14.4. The molecule has 0 unspecified atom stereocenters. The Morgan fingerprint density at radius 1 is 1.42 bits per heavy atom. The molecule has 2 aromatic heterocycles. The topological polar surface area (TPSA) is 82.2 Å². The van der Waals surface area contributed by atoms with Crippen molar-refractivity contribution in [3.05, 3.63) is 18.6 Å². The summed E-state index contributed by atoms with van der Waals surface area (Å²) in [6.07, 6.45) is 5.25. The Bertz CT molecular complexity index is 802. The molecule has 3 rings (SSSR count). The molecule has 0 saturated carbocycles. The first-order valence-corrected chi connectivity index (χ1v) is 9.99. The van der Waals surface area contributed by atoms with Gasteiger partial charge in [-0.15, -0.1) is 0 Å². The molecule has 8 heteroatoms. The minimum Gasteiger partial charge on any atom is -0.352 e. The Morgan fingerprint density at radius 3 is 2.92 bits per heavy atom. The van der Waals surface area contributed by atoms with E-state index >= 15 is 0 Å². The second-order valence-electron chi connectivity index (χ2n) is 6.47. The van der Waals surface area contributed by atoms with E-state index in [1.807, 2.05) is 12.3 Å². The lowest BCUT2D eigenvalue weighted by atomic mass is 10.1. The Kier molecular flexibility index (Phi) is 4.78. The highest BCUT2D eigenvalue weighted by molar-refractivity contribution is 7.89. The number of likely N-dealkylation sites (N-methyl/N-ethyl adjacent to an activating group) is 1. The predicted octanol–water partition coefficient (Wildman–Crippen LogP) is 1.99. The van der Waals surface area contributed by atoms with Crippen molar-refractivity contribution in [3.63, 3.8) is 0 Å². The number of nitrogens with zero attached hydrogens (tertiary/aromatic N) is 4. The maximum atomic E-state index is 12.5. The van der Waals surface area contributed by atoms with Crippen molar-refractivity contribution in [2.75, 3.05) is 24.5 Å². The highest BCUT2D eigenvalue weighted by Gasteiger charge is 2.33. The molecule has 1 atom stereocenters. The average Bonchev–Trinajstić information content (AvgIpc) is 3.05. The largest absolute Gasteiger partial charge is 0.352 e. The van der Waals surface area contributed by atoms with Crippen LogP contribution in [0.25, 0.3) is 11.0 Å². The van der Waals surface area contributed by atoms with E-state index in [1.165, 1.54) is 0 Å². The van der Waals surface area contributed by atoms with Gasteiger partial charge in [0.15, 0.2) is 0 Å². The van der Waals surface area contributed by atoms with E-state index in [9.17, 15) is 8.42 Å². The third kappa shape index (κ3) is 3.00. The van der Waals surface area contributed by atoms with Crippen molar-refractivity contribution in [3.8, 4) is 0 Å². The van der Waals surface area contributed by atoms with Gasteiger partial charge in [0.1, 0.15) is 17.8 Å². The molecule has 24 heavy (non-hydrogen) atoms. The zero-order chi connectivity index (χ0) is 17.3. The van der Waals surface area contributed by atoms with E-state index < -0.39 is 10.0 Å². The summed E-state index contributed by atoms with van der Waals surface area (Å²) in [5.41, 5.74) is 0.806. The number of rotatable bonds is 5. The average molecular weight is 351 g/mol. The first-order valence-electron chi connectivity index (χ1n) is 8.48. The molecular weight excluding hydrogens is 326 g/mol. The van der Waals surface area contributed by atoms with E-state index in [0.717, 1.165) is 36.2 Å². The van der Waals surface area contributed by atoms with Crippen LogP contribution in [0.4, 0.5) is 5.82 Å². The highest BCUT2D eigenvalue weighted by atomic mass is 32.2. The standard InChI is InChI=1S/C16H25N5O2S/c1-4-21(16-14-7-8-17-15(14)18-11-19-16)13-6-5-9-20(10-13)24(22,23)12(2)3/h7-8,11-13H,4-6,9-10H2,1-3H3,(H,17,18,19)/t13-/m1/s1. The molecule has 1 fully saturated rings. The van der Waals surface area contributed by atoms with E-state index in [1.54, 1.807) is 24.5 Å². The number of hydrogen-bond acceptors (Lipinski definition) is 5. The Balaban J connectivity index is 1.90. The Hall–Kier alpha value is -1.67. The van der Waals surface area contributed by atoms with Crippen LogP contribution in [0.2, 0.25) is 0 Å². The molecule has 132 valence electrons. The van der Waals surface area contributed by atoms with Crippen molar-refractivity contribution in [1.29, 1.82) is 0 Å². The summed E-state index contributed by atoms with van der Waals surface area (Å²) in [4.78, 5) is 14.0. The van der Waals surface area contributed by atoms with E-state index in [2.05, 4.69) is 26.8 Å². The lowest BCUT2D eigenvalue weighted by Crippen LogP contribution is -2.51. The number of H-pyrrole nitrogens is 1. The van der Waals surface area contributed by atoms with Crippen LogP contribution in [0.3, 0.4) is 0 Å². The van der Waals surface area contributed by atoms with Gasteiger partial charge in [-0.1, -0.05) is 0 Å². The minimum absolute atomic E-state index is 0.130. The van der Waals surface area contributed by atoms with Crippen molar-refractivity contribution < 1.29 is 8.42 Å². The Morgan fingerprint density at radius 2 is 2.21 bits per heavy atom. The summed E-state index contributed by atoms with van der Waals surface area (Å²) in [7, 11) is -3.22. The Labute approximate surface area is 143 Å². The van der Waals surface area contributed by atoms with Crippen LogP contribution in [-0.4, -0.2) is 58.6 Å². The molecular formula is C16H25N5O2S. The van der Waals surface area contributed by atoms with Crippen LogP contribution >= 0.6 is 0 Å². The zero-order valence-corrected chi connectivity index (χ0v) is 15.3. The van der Waals surface area contributed by atoms with Crippen molar-refractivity contribution in [1.82, 2.24) is 19.3 Å². The number of hydrogen-bond donors (Lipinski definition) is 1. The van der Waals surface area contributed by atoms with Gasteiger partial charge in [-0.25, -0.2) is 18.4 Å². The van der Waals surface area contributed by atoms with Gasteiger partial charge < -0.3 is 9.88 Å². The number of piperidine rings is 1. The maximum absolute atomic E-state index is 12.5. The second-order valence-corrected chi connectivity index (χ2v) is 8.96. The molecule has 2 aromatic rings. The molecule has 1 N–H and O–H groups in total. The van der Waals surface area contributed by atoms with Gasteiger partial charge in [0.2, 0.25) is 10.0 Å². The molecule has 0 bridgehead atoms. The number of nitrogens with one attached hydrogen (secondary N) is 1. The first kappa shape index (κ1) is 17.2. The summed E-state index contributed by atoms with van der Waals surface area (Å²) in [6, 6.07) is 2.10. The lowest BCUT2D eigenvalue weighted by molar-refractivity contribution is 0.304. The summed E-state index contributed by atoms with van der Waals surface area (Å²) in [6.45, 7) is 7.46. The highest BCUT2D eigenvalue weighted by Crippen LogP contribution is 2.28. The summed E-state index contributed by atoms with van der Waals surface area (Å²) < 4.78 is 26.7. The van der Waals surface area contributed by atoms with Crippen molar-refractivity contribution in [2.45, 2.75) is 44.9 Å². The first-order chi connectivity index (χ1) is 11.4. The van der Waals surface area contributed by atoms with Crippen LogP contribution in [0.15, 0.2) is 18.6 Å². The number of aromatic amines is 1. The molecule has 0 amide bonds. The van der Waals surface area contributed by atoms with Gasteiger partial charge in [-0.3, -0.25) is 0 Å². The van der Waals surface area contributed by atoms with Gasteiger partial charge in [-0.05, 0) is 39.7 Å². The number of fused-ring (bicyclic) bond motifs is 1. The lowest BCUT2D eigenvalue weighted by Gasteiger charge is -2.39. The van der Waals surface area contributed by atoms with Gasteiger partial charge in [-0.2, -0.15) is 4.31 Å². The molecule has 1 saturated heterocycles. The normalized spacial score (nSPS) is 19.9. The molecule has 7 nitrogen and oxygen atoms in total. The smallest absolute Gasteiger partial charge is 0.216 e. The minimum atomic E-state index is -3.22. The number of sulfonamides is 1. The van der Waals surface area contributed by atoms with E-state index in [0.29, 0.717) is 13.1 Å². The molecule has 0 radical (unpaired) electrons. The van der Waals surface area contributed by atoms with Crippen LogP contribution in [-0.2, 0) is 10.0 Å². The van der Waals surface area contributed by atoms with Crippen LogP contribution in [0.5, 0.6) is 0 Å². The van der Waals surface area contributed by atoms with Gasteiger partial charge in [0.05, 0.1) is 10.6 Å². The molecule has 0 aromatic carbocycles. The fourth-order valence-corrected chi connectivity index (χ4v) is 4.73. The molecule has 3 heterocycles. The monoisotopic (exact) mass is 351 g/mol. The number of aromatic nitrogens is 3. The SMILES string of the molecule is CCN(c1ncnc2[nH]ccc12)[C@@H]1CCCN(S(=O)(=O)C(C)C)C1. The molecule has 1 aliphatic rings. The van der Waals surface area contributed by atoms with Crippen LogP contribution < -0.4 is 4.90 Å². The number of anilines is 1. The van der Waals surface area contributed by atoms with E-state index in [4.69, 9.17) is 0 Å².